The van der Waals surface area contributed by atoms with Crippen LogP contribution in [0.3, 0.4) is 0 Å². The molecule has 3 N–H and O–H groups in total. The van der Waals surface area contributed by atoms with Gasteiger partial charge in [0.25, 0.3) is 5.91 Å². The molecule has 4 heteroatoms. The molecular formula is C14H22N2O2. The first-order valence-electron chi connectivity index (χ1n) is 6.09. The maximum atomic E-state index is 11.5. The van der Waals surface area contributed by atoms with E-state index in [9.17, 15) is 4.79 Å². The Morgan fingerprint density at radius 1 is 1.28 bits per heavy atom. The van der Waals surface area contributed by atoms with Crippen molar-refractivity contribution in [3.05, 3.63) is 29.8 Å². The lowest BCUT2D eigenvalue weighted by molar-refractivity contribution is -0.123. The summed E-state index contributed by atoms with van der Waals surface area (Å²) >= 11 is 0. The number of benzene rings is 1. The average molecular weight is 250 g/mol. The van der Waals surface area contributed by atoms with Crippen LogP contribution in [0.15, 0.2) is 24.3 Å². The van der Waals surface area contributed by atoms with Crippen molar-refractivity contribution in [2.45, 2.75) is 27.3 Å². The lowest BCUT2D eigenvalue weighted by atomic mass is 9.97. The molecule has 0 aliphatic heterocycles. The zero-order valence-electron chi connectivity index (χ0n) is 11.3. The van der Waals surface area contributed by atoms with Crippen molar-refractivity contribution in [2.24, 2.45) is 11.1 Å². The molecule has 0 unspecified atom stereocenters. The van der Waals surface area contributed by atoms with Crippen molar-refractivity contribution in [2.75, 3.05) is 13.2 Å². The van der Waals surface area contributed by atoms with E-state index in [4.69, 9.17) is 10.5 Å². The monoisotopic (exact) mass is 250 g/mol. The Morgan fingerprint density at radius 3 is 2.39 bits per heavy atom. The number of rotatable bonds is 5. The highest BCUT2D eigenvalue weighted by Gasteiger charge is 2.11. The van der Waals surface area contributed by atoms with E-state index in [1.165, 1.54) is 0 Å². The van der Waals surface area contributed by atoms with Crippen molar-refractivity contribution >= 4 is 5.91 Å². The molecule has 0 aliphatic rings. The van der Waals surface area contributed by atoms with Crippen LogP contribution in [0.4, 0.5) is 0 Å². The van der Waals surface area contributed by atoms with Gasteiger partial charge < -0.3 is 15.8 Å². The molecule has 0 bridgehead atoms. The molecule has 100 valence electrons. The molecular weight excluding hydrogens is 228 g/mol. The van der Waals surface area contributed by atoms with Crippen LogP contribution < -0.4 is 15.8 Å². The first-order chi connectivity index (χ1) is 8.40. The third kappa shape index (κ3) is 5.68. The van der Waals surface area contributed by atoms with Crippen LogP contribution in [-0.4, -0.2) is 19.1 Å². The van der Waals surface area contributed by atoms with E-state index in [0.29, 0.717) is 18.8 Å². The molecule has 0 aromatic heterocycles. The van der Waals surface area contributed by atoms with E-state index in [2.05, 4.69) is 26.1 Å². The number of hydrogen-bond acceptors (Lipinski definition) is 3. The number of nitrogens with two attached hydrogens (primary N) is 1. The Morgan fingerprint density at radius 2 is 1.89 bits per heavy atom. The van der Waals surface area contributed by atoms with Crippen molar-refractivity contribution in [3.63, 3.8) is 0 Å². The molecule has 0 spiro atoms. The first kappa shape index (κ1) is 14.5. The Kier molecular flexibility index (Phi) is 5.16. The van der Waals surface area contributed by atoms with Crippen LogP contribution in [0.5, 0.6) is 5.75 Å². The van der Waals surface area contributed by atoms with Crippen LogP contribution in [0.25, 0.3) is 0 Å². The highest BCUT2D eigenvalue weighted by Crippen LogP contribution is 2.12. The predicted molar refractivity (Wildman–Crippen MR) is 72.3 cm³/mol. The van der Waals surface area contributed by atoms with Crippen LogP contribution in [0.1, 0.15) is 26.3 Å². The first-order valence-corrected chi connectivity index (χ1v) is 6.09. The summed E-state index contributed by atoms with van der Waals surface area (Å²) in [6.07, 6.45) is 0. The summed E-state index contributed by atoms with van der Waals surface area (Å²) in [5.74, 6) is 0.575. The standard InChI is InChI=1S/C14H22N2O2/c1-14(2,3)10-16-13(17)9-18-12-6-4-11(8-15)5-7-12/h4-7H,8-10,15H2,1-3H3,(H,16,17). The summed E-state index contributed by atoms with van der Waals surface area (Å²) in [4.78, 5) is 11.5. The second-order valence-electron chi connectivity index (χ2n) is 5.47. The Bertz CT molecular complexity index is 380. The summed E-state index contributed by atoms with van der Waals surface area (Å²) in [6.45, 7) is 7.39. The van der Waals surface area contributed by atoms with E-state index in [1.807, 2.05) is 24.3 Å². The Labute approximate surface area is 109 Å². The van der Waals surface area contributed by atoms with Gasteiger partial charge in [0, 0.05) is 13.1 Å². The molecule has 0 fully saturated rings. The van der Waals surface area contributed by atoms with E-state index in [1.54, 1.807) is 0 Å². The van der Waals surface area contributed by atoms with Crippen molar-refractivity contribution in [1.82, 2.24) is 5.32 Å². The Hall–Kier alpha value is -1.55. The van der Waals surface area contributed by atoms with Gasteiger partial charge in [-0.1, -0.05) is 32.9 Å². The van der Waals surface area contributed by atoms with E-state index >= 15 is 0 Å². The summed E-state index contributed by atoms with van der Waals surface area (Å²) in [5.41, 5.74) is 6.62. The van der Waals surface area contributed by atoms with E-state index < -0.39 is 0 Å². The van der Waals surface area contributed by atoms with Crippen LogP contribution in [0.2, 0.25) is 0 Å². The number of carbonyl (C=O) groups excluding carboxylic acids is 1. The van der Waals surface area contributed by atoms with Gasteiger partial charge in [-0.3, -0.25) is 4.79 Å². The van der Waals surface area contributed by atoms with Crippen LogP contribution >= 0.6 is 0 Å². The summed E-state index contributed by atoms with van der Waals surface area (Å²) in [5, 5.41) is 2.83. The minimum Gasteiger partial charge on any atom is -0.484 e. The highest BCUT2D eigenvalue weighted by atomic mass is 16.5. The van der Waals surface area contributed by atoms with Crippen molar-refractivity contribution < 1.29 is 9.53 Å². The number of carbonyl (C=O) groups is 1. The summed E-state index contributed by atoms with van der Waals surface area (Å²) < 4.78 is 5.38. The molecule has 1 aromatic rings. The number of hydrogen-bond donors (Lipinski definition) is 2. The van der Waals surface area contributed by atoms with Crippen molar-refractivity contribution in [1.29, 1.82) is 0 Å². The molecule has 0 heterocycles. The van der Waals surface area contributed by atoms with Gasteiger partial charge in [-0.05, 0) is 23.1 Å². The molecule has 0 saturated heterocycles. The molecule has 1 aromatic carbocycles. The quantitative estimate of drug-likeness (QED) is 0.835. The van der Waals surface area contributed by atoms with Gasteiger partial charge in [0.2, 0.25) is 0 Å². The topological polar surface area (TPSA) is 64.3 Å². The molecule has 0 saturated carbocycles. The van der Waals surface area contributed by atoms with Crippen molar-refractivity contribution in [3.8, 4) is 5.75 Å². The third-order valence-corrected chi connectivity index (χ3v) is 2.34. The van der Waals surface area contributed by atoms with Gasteiger partial charge >= 0.3 is 0 Å². The van der Waals surface area contributed by atoms with Gasteiger partial charge in [-0.15, -0.1) is 0 Å². The summed E-state index contributed by atoms with van der Waals surface area (Å²) in [7, 11) is 0. The molecule has 4 nitrogen and oxygen atoms in total. The van der Waals surface area contributed by atoms with Gasteiger partial charge in [0.1, 0.15) is 5.75 Å². The molecule has 0 aliphatic carbocycles. The molecule has 0 radical (unpaired) electrons. The minimum absolute atomic E-state index is 0.0397. The average Bonchev–Trinajstić information content (AvgIpc) is 2.33. The molecule has 0 atom stereocenters. The fourth-order valence-electron chi connectivity index (χ4n) is 1.29. The molecule has 1 amide bonds. The zero-order chi connectivity index (χ0) is 13.6. The van der Waals surface area contributed by atoms with Gasteiger partial charge in [-0.25, -0.2) is 0 Å². The van der Waals surface area contributed by atoms with Gasteiger partial charge in [0.15, 0.2) is 6.61 Å². The third-order valence-electron chi connectivity index (χ3n) is 2.34. The largest absolute Gasteiger partial charge is 0.484 e. The van der Waals surface area contributed by atoms with Crippen LogP contribution in [-0.2, 0) is 11.3 Å². The maximum absolute atomic E-state index is 11.5. The SMILES string of the molecule is CC(C)(C)CNC(=O)COc1ccc(CN)cc1. The maximum Gasteiger partial charge on any atom is 0.257 e. The lowest BCUT2D eigenvalue weighted by Gasteiger charge is -2.18. The number of nitrogens with one attached hydrogen (secondary N) is 1. The number of ether oxygens (including phenoxy) is 1. The second kappa shape index (κ2) is 6.40. The highest BCUT2D eigenvalue weighted by molar-refractivity contribution is 5.77. The predicted octanol–water partition coefficient (Wildman–Crippen LogP) is 1.69. The fourth-order valence-corrected chi connectivity index (χ4v) is 1.29. The van der Waals surface area contributed by atoms with Gasteiger partial charge in [0.05, 0.1) is 0 Å². The second-order valence-corrected chi connectivity index (χ2v) is 5.47. The van der Waals surface area contributed by atoms with E-state index in [0.717, 1.165) is 5.56 Å². The van der Waals surface area contributed by atoms with Crippen LogP contribution in [0, 0.1) is 5.41 Å². The zero-order valence-corrected chi connectivity index (χ0v) is 11.3. The minimum atomic E-state index is -0.104. The number of amides is 1. The van der Waals surface area contributed by atoms with Gasteiger partial charge in [-0.2, -0.15) is 0 Å². The molecule has 18 heavy (non-hydrogen) atoms. The summed E-state index contributed by atoms with van der Waals surface area (Å²) in [6, 6.07) is 7.42. The normalized spacial score (nSPS) is 11.1. The fraction of sp³-hybridized carbons (Fsp3) is 0.500. The smallest absolute Gasteiger partial charge is 0.257 e. The Balaban J connectivity index is 2.33. The molecule has 1 rings (SSSR count). The lowest BCUT2D eigenvalue weighted by Crippen LogP contribution is -2.35. The van der Waals surface area contributed by atoms with E-state index in [-0.39, 0.29) is 17.9 Å².